The Morgan fingerprint density at radius 3 is 2.59 bits per heavy atom. The molecular formula is C21H30N4O4. The molecule has 158 valence electrons. The Bertz CT molecular complexity index is 820. The average molecular weight is 402 g/mol. The standard InChI is InChI=1S/C21H30N4O4/c1-4-5-6-17(20(26)23-19-13-15(3)29-24-19)25-11-9-16(10-12-25)22-21(27)18-8-7-14(2)28-18/h7-8,13,16-17H,4-6,9-12H2,1-3H3,(H,22,27)(H,23,24,26). The van der Waals surface area contributed by atoms with Gasteiger partial charge in [-0.25, -0.2) is 0 Å². The maximum atomic E-state index is 12.9. The number of anilines is 1. The fourth-order valence-corrected chi connectivity index (χ4v) is 3.68. The van der Waals surface area contributed by atoms with Crippen LogP contribution in [0.4, 0.5) is 5.82 Å². The molecule has 0 aliphatic carbocycles. The van der Waals surface area contributed by atoms with Gasteiger partial charge in [0.2, 0.25) is 5.91 Å². The summed E-state index contributed by atoms with van der Waals surface area (Å²) >= 11 is 0. The number of likely N-dealkylation sites (tertiary alicyclic amines) is 1. The molecular weight excluding hydrogens is 372 g/mol. The number of hydrogen-bond donors (Lipinski definition) is 2. The number of amides is 2. The summed E-state index contributed by atoms with van der Waals surface area (Å²) in [6, 6.07) is 5.06. The van der Waals surface area contributed by atoms with Crippen molar-refractivity contribution >= 4 is 17.6 Å². The number of unbranched alkanes of at least 4 members (excludes halogenated alkanes) is 1. The first-order valence-corrected chi connectivity index (χ1v) is 10.3. The number of aromatic nitrogens is 1. The lowest BCUT2D eigenvalue weighted by Crippen LogP contribution is -2.51. The number of nitrogens with one attached hydrogen (secondary N) is 2. The molecule has 1 atom stereocenters. The van der Waals surface area contributed by atoms with Crippen LogP contribution in [-0.2, 0) is 4.79 Å². The number of furan rings is 1. The summed E-state index contributed by atoms with van der Waals surface area (Å²) in [5.74, 6) is 1.93. The Kier molecular flexibility index (Phi) is 7.09. The number of carbonyl (C=O) groups excluding carboxylic acids is 2. The topological polar surface area (TPSA) is 101 Å². The predicted octanol–water partition coefficient (Wildman–Crippen LogP) is 3.28. The maximum Gasteiger partial charge on any atom is 0.287 e. The lowest BCUT2D eigenvalue weighted by atomic mass is 10.00. The third-order valence-electron chi connectivity index (χ3n) is 5.28. The molecule has 2 amide bonds. The van der Waals surface area contributed by atoms with Crippen molar-refractivity contribution in [2.45, 2.75) is 65.0 Å². The molecule has 8 heteroatoms. The molecule has 29 heavy (non-hydrogen) atoms. The van der Waals surface area contributed by atoms with Crippen LogP contribution in [0.1, 0.15) is 61.1 Å². The van der Waals surface area contributed by atoms with Crippen molar-refractivity contribution in [3.63, 3.8) is 0 Å². The zero-order chi connectivity index (χ0) is 20.8. The summed E-state index contributed by atoms with van der Waals surface area (Å²) in [6.45, 7) is 7.23. The van der Waals surface area contributed by atoms with Crippen molar-refractivity contribution in [2.75, 3.05) is 18.4 Å². The van der Waals surface area contributed by atoms with Crippen molar-refractivity contribution in [1.82, 2.24) is 15.4 Å². The molecule has 1 aliphatic heterocycles. The average Bonchev–Trinajstić information content (AvgIpc) is 3.31. The van der Waals surface area contributed by atoms with Gasteiger partial charge in [-0.1, -0.05) is 24.9 Å². The van der Waals surface area contributed by atoms with Gasteiger partial charge in [-0.2, -0.15) is 0 Å². The highest BCUT2D eigenvalue weighted by Gasteiger charge is 2.30. The Morgan fingerprint density at radius 2 is 2.00 bits per heavy atom. The second-order valence-electron chi connectivity index (χ2n) is 7.66. The molecule has 1 unspecified atom stereocenters. The van der Waals surface area contributed by atoms with E-state index in [-0.39, 0.29) is 23.9 Å². The summed E-state index contributed by atoms with van der Waals surface area (Å²) in [7, 11) is 0. The van der Waals surface area contributed by atoms with Crippen LogP contribution >= 0.6 is 0 Å². The van der Waals surface area contributed by atoms with E-state index in [4.69, 9.17) is 8.94 Å². The van der Waals surface area contributed by atoms with Crippen molar-refractivity contribution in [3.8, 4) is 0 Å². The van der Waals surface area contributed by atoms with Gasteiger partial charge in [0.15, 0.2) is 11.6 Å². The molecule has 0 aromatic carbocycles. The van der Waals surface area contributed by atoms with Crippen LogP contribution in [0, 0.1) is 13.8 Å². The van der Waals surface area contributed by atoms with E-state index in [0.717, 1.165) is 51.0 Å². The monoisotopic (exact) mass is 402 g/mol. The summed E-state index contributed by atoms with van der Waals surface area (Å²) in [5.41, 5.74) is 0. The van der Waals surface area contributed by atoms with E-state index in [2.05, 4.69) is 27.6 Å². The lowest BCUT2D eigenvalue weighted by molar-refractivity contribution is -0.122. The normalized spacial score (nSPS) is 16.5. The SMILES string of the molecule is CCCCC(C(=O)Nc1cc(C)on1)N1CCC(NC(=O)c2ccc(C)o2)CC1. The van der Waals surface area contributed by atoms with Crippen LogP contribution in [-0.4, -0.2) is 47.0 Å². The van der Waals surface area contributed by atoms with E-state index in [1.165, 1.54) is 0 Å². The number of aryl methyl sites for hydroxylation is 2. The van der Waals surface area contributed by atoms with E-state index in [0.29, 0.717) is 17.3 Å². The molecule has 2 N–H and O–H groups in total. The first-order valence-electron chi connectivity index (χ1n) is 10.3. The lowest BCUT2D eigenvalue weighted by Gasteiger charge is -2.36. The fraction of sp³-hybridized carbons (Fsp3) is 0.571. The van der Waals surface area contributed by atoms with Gasteiger partial charge in [-0.05, 0) is 45.2 Å². The van der Waals surface area contributed by atoms with Gasteiger partial charge in [0, 0.05) is 25.2 Å². The molecule has 0 radical (unpaired) electrons. The molecule has 3 rings (SSSR count). The minimum absolute atomic E-state index is 0.0553. The molecule has 2 aromatic heterocycles. The van der Waals surface area contributed by atoms with Gasteiger partial charge in [0.1, 0.15) is 11.5 Å². The second-order valence-corrected chi connectivity index (χ2v) is 7.66. The minimum atomic E-state index is -0.212. The van der Waals surface area contributed by atoms with Crippen LogP contribution in [0.2, 0.25) is 0 Å². The Balaban J connectivity index is 1.54. The van der Waals surface area contributed by atoms with E-state index >= 15 is 0 Å². The van der Waals surface area contributed by atoms with Gasteiger partial charge in [0.25, 0.3) is 5.91 Å². The molecule has 0 bridgehead atoms. The maximum absolute atomic E-state index is 12.9. The highest BCUT2D eigenvalue weighted by Crippen LogP contribution is 2.19. The largest absolute Gasteiger partial charge is 0.456 e. The third kappa shape index (κ3) is 5.69. The summed E-state index contributed by atoms with van der Waals surface area (Å²) < 4.78 is 10.4. The quantitative estimate of drug-likeness (QED) is 0.703. The first-order chi connectivity index (χ1) is 14.0. The minimum Gasteiger partial charge on any atom is -0.456 e. The van der Waals surface area contributed by atoms with E-state index in [1.807, 2.05) is 6.92 Å². The van der Waals surface area contributed by atoms with Crippen molar-refractivity contribution in [3.05, 3.63) is 35.5 Å². The number of piperidine rings is 1. The molecule has 1 aliphatic rings. The van der Waals surface area contributed by atoms with Crippen molar-refractivity contribution in [1.29, 1.82) is 0 Å². The van der Waals surface area contributed by atoms with Gasteiger partial charge in [-0.3, -0.25) is 14.5 Å². The van der Waals surface area contributed by atoms with Gasteiger partial charge < -0.3 is 19.6 Å². The molecule has 0 spiro atoms. The molecule has 3 heterocycles. The van der Waals surface area contributed by atoms with E-state index in [1.54, 1.807) is 25.1 Å². The van der Waals surface area contributed by atoms with Crippen LogP contribution < -0.4 is 10.6 Å². The van der Waals surface area contributed by atoms with E-state index in [9.17, 15) is 9.59 Å². The van der Waals surface area contributed by atoms with Crippen LogP contribution in [0.25, 0.3) is 0 Å². The molecule has 8 nitrogen and oxygen atoms in total. The third-order valence-corrected chi connectivity index (χ3v) is 5.28. The van der Waals surface area contributed by atoms with Gasteiger partial charge >= 0.3 is 0 Å². The van der Waals surface area contributed by atoms with Crippen LogP contribution in [0.3, 0.4) is 0 Å². The molecule has 1 fully saturated rings. The smallest absolute Gasteiger partial charge is 0.287 e. The highest BCUT2D eigenvalue weighted by atomic mass is 16.5. The van der Waals surface area contributed by atoms with Gasteiger partial charge in [-0.15, -0.1) is 0 Å². The Labute approximate surface area is 171 Å². The molecule has 1 saturated heterocycles. The number of rotatable bonds is 8. The van der Waals surface area contributed by atoms with Crippen molar-refractivity contribution < 1.29 is 18.5 Å². The fourth-order valence-electron chi connectivity index (χ4n) is 3.68. The van der Waals surface area contributed by atoms with Crippen LogP contribution in [0.5, 0.6) is 0 Å². The zero-order valence-electron chi connectivity index (χ0n) is 17.4. The Morgan fingerprint density at radius 1 is 1.24 bits per heavy atom. The Hall–Kier alpha value is -2.61. The highest BCUT2D eigenvalue weighted by molar-refractivity contribution is 5.94. The van der Waals surface area contributed by atoms with Gasteiger partial charge in [0.05, 0.1) is 6.04 Å². The summed E-state index contributed by atoms with van der Waals surface area (Å²) in [5, 5.41) is 9.77. The number of carbonyl (C=O) groups is 2. The second kappa shape index (κ2) is 9.73. The molecule has 2 aromatic rings. The van der Waals surface area contributed by atoms with E-state index < -0.39 is 0 Å². The zero-order valence-corrected chi connectivity index (χ0v) is 17.4. The van der Waals surface area contributed by atoms with Crippen LogP contribution in [0.15, 0.2) is 27.1 Å². The van der Waals surface area contributed by atoms with Crippen molar-refractivity contribution in [2.24, 2.45) is 0 Å². The molecule has 0 saturated carbocycles. The number of nitrogens with zero attached hydrogens (tertiary/aromatic N) is 2. The summed E-state index contributed by atoms with van der Waals surface area (Å²) in [6.07, 6.45) is 4.39. The number of hydrogen-bond acceptors (Lipinski definition) is 6. The first kappa shape index (κ1) is 21.1. The predicted molar refractivity (Wildman–Crippen MR) is 109 cm³/mol. The summed E-state index contributed by atoms with van der Waals surface area (Å²) in [4.78, 5) is 27.4.